The van der Waals surface area contributed by atoms with Crippen LogP contribution in [0.2, 0.25) is 0 Å². The molecule has 0 saturated carbocycles. The highest BCUT2D eigenvalue weighted by molar-refractivity contribution is 5.22. The molecule has 0 heterocycles. The molecule has 0 heteroatoms. The Morgan fingerprint density at radius 1 is 0.938 bits per heavy atom. The Morgan fingerprint density at radius 3 is 2.06 bits per heavy atom. The molecule has 0 aliphatic rings. The molecule has 0 spiro atoms. The molecule has 0 fully saturated rings. The summed E-state index contributed by atoms with van der Waals surface area (Å²) >= 11 is 0. The first-order chi connectivity index (χ1) is 7.80. The molecule has 0 bridgehead atoms. The molecule has 1 atom stereocenters. The molecule has 1 unspecified atom stereocenters. The third-order valence-corrected chi connectivity index (χ3v) is 3.50. The molecule has 0 aliphatic heterocycles. The third kappa shape index (κ3) is 4.38. The van der Waals surface area contributed by atoms with Crippen LogP contribution in [0.4, 0.5) is 0 Å². The Labute approximate surface area is 101 Å². The lowest BCUT2D eigenvalue weighted by molar-refractivity contribution is 0.449. The maximum absolute atomic E-state index is 2.32. The zero-order valence-electron chi connectivity index (χ0n) is 11.1. The fraction of sp³-hybridized carbons (Fsp3) is 0.625. The molecule has 0 aliphatic carbocycles. The summed E-state index contributed by atoms with van der Waals surface area (Å²) in [6.45, 7) is 6.81. The van der Waals surface area contributed by atoms with E-state index in [0.29, 0.717) is 0 Å². The van der Waals surface area contributed by atoms with Gasteiger partial charge < -0.3 is 0 Å². The second-order valence-corrected chi connectivity index (χ2v) is 4.79. The molecule has 0 nitrogen and oxygen atoms in total. The summed E-state index contributed by atoms with van der Waals surface area (Å²) in [5.41, 5.74) is 2.96. The SMILES string of the molecule is CCCCC(CC)Cc1ccc(CC)cc1. The number of aryl methyl sites for hydroxylation is 1. The molecule has 1 aromatic rings. The maximum Gasteiger partial charge on any atom is -0.0250 e. The van der Waals surface area contributed by atoms with Crippen LogP contribution in [0.25, 0.3) is 0 Å². The smallest absolute Gasteiger partial charge is 0.0250 e. The fourth-order valence-electron chi connectivity index (χ4n) is 2.19. The Kier molecular flexibility index (Phi) is 6.22. The summed E-state index contributed by atoms with van der Waals surface area (Å²) in [7, 11) is 0. The summed E-state index contributed by atoms with van der Waals surface area (Å²) in [6.07, 6.45) is 7.82. The molecule has 0 aromatic heterocycles. The summed E-state index contributed by atoms with van der Waals surface area (Å²) in [6, 6.07) is 9.19. The molecule has 1 rings (SSSR count). The standard InChI is InChI=1S/C16H26/c1-4-7-8-15(6-3)13-16-11-9-14(5-2)10-12-16/h9-12,15H,4-8,13H2,1-3H3. The van der Waals surface area contributed by atoms with Gasteiger partial charge in [0.05, 0.1) is 0 Å². The van der Waals surface area contributed by atoms with Gasteiger partial charge >= 0.3 is 0 Å². The molecule has 0 N–H and O–H groups in total. The zero-order chi connectivity index (χ0) is 11.8. The average molecular weight is 218 g/mol. The van der Waals surface area contributed by atoms with Gasteiger partial charge in [-0.05, 0) is 29.9 Å². The van der Waals surface area contributed by atoms with Crippen LogP contribution in [0.3, 0.4) is 0 Å². The van der Waals surface area contributed by atoms with Crippen LogP contribution in [0.1, 0.15) is 57.6 Å². The zero-order valence-corrected chi connectivity index (χ0v) is 11.1. The number of benzene rings is 1. The van der Waals surface area contributed by atoms with Crippen molar-refractivity contribution in [3.8, 4) is 0 Å². The highest BCUT2D eigenvalue weighted by atomic mass is 14.1. The van der Waals surface area contributed by atoms with Gasteiger partial charge in [0.25, 0.3) is 0 Å². The minimum atomic E-state index is 0.882. The number of hydrogen-bond acceptors (Lipinski definition) is 0. The van der Waals surface area contributed by atoms with Gasteiger partial charge in [-0.2, -0.15) is 0 Å². The second kappa shape index (κ2) is 7.49. The largest absolute Gasteiger partial charge is 0.0654 e. The Hall–Kier alpha value is -0.780. The minimum absolute atomic E-state index is 0.882. The monoisotopic (exact) mass is 218 g/mol. The predicted molar refractivity (Wildman–Crippen MR) is 72.8 cm³/mol. The van der Waals surface area contributed by atoms with Gasteiger partial charge in [0.15, 0.2) is 0 Å². The van der Waals surface area contributed by atoms with E-state index in [1.165, 1.54) is 43.2 Å². The van der Waals surface area contributed by atoms with Gasteiger partial charge in [0, 0.05) is 0 Å². The van der Waals surface area contributed by atoms with Crippen molar-refractivity contribution >= 4 is 0 Å². The van der Waals surface area contributed by atoms with Crippen LogP contribution in [0, 0.1) is 5.92 Å². The van der Waals surface area contributed by atoms with E-state index >= 15 is 0 Å². The topological polar surface area (TPSA) is 0 Å². The van der Waals surface area contributed by atoms with E-state index in [2.05, 4.69) is 45.0 Å². The van der Waals surface area contributed by atoms with Crippen LogP contribution in [0.15, 0.2) is 24.3 Å². The van der Waals surface area contributed by atoms with Gasteiger partial charge in [-0.3, -0.25) is 0 Å². The van der Waals surface area contributed by atoms with E-state index in [4.69, 9.17) is 0 Å². The van der Waals surface area contributed by atoms with E-state index in [0.717, 1.165) is 12.3 Å². The van der Waals surface area contributed by atoms with Crippen molar-refractivity contribution in [1.82, 2.24) is 0 Å². The van der Waals surface area contributed by atoms with Crippen LogP contribution < -0.4 is 0 Å². The molecule has 90 valence electrons. The van der Waals surface area contributed by atoms with Crippen LogP contribution >= 0.6 is 0 Å². The third-order valence-electron chi connectivity index (χ3n) is 3.50. The van der Waals surface area contributed by atoms with Crippen molar-refractivity contribution < 1.29 is 0 Å². The van der Waals surface area contributed by atoms with E-state index in [9.17, 15) is 0 Å². The van der Waals surface area contributed by atoms with Crippen molar-refractivity contribution in [3.05, 3.63) is 35.4 Å². The van der Waals surface area contributed by atoms with Crippen molar-refractivity contribution in [2.45, 2.75) is 59.3 Å². The van der Waals surface area contributed by atoms with Gasteiger partial charge in [0.1, 0.15) is 0 Å². The van der Waals surface area contributed by atoms with Crippen LogP contribution in [-0.2, 0) is 12.8 Å². The molecular formula is C16H26. The summed E-state index contributed by atoms with van der Waals surface area (Å²) in [4.78, 5) is 0. The molecule has 16 heavy (non-hydrogen) atoms. The quantitative estimate of drug-likeness (QED) is 0.603. The molecule has 1 aromatic carbocycles. The Bertz CT molecular complexity index is 271. The highest BCUT2D eigenvalue weighted by Gasteiger charge is 2.06. The fourth-order valence-corrected chi connectivity index (χ4v) is 2.19. The van der Waals surface area contributed by atoms with Crippen molar-refractivity contribution in [2.24, 2.45) is 5.92 Å². The number of unbranched alkanes of at least 4 members (excludes halogenated alkanes) is 1. The van der Waals surface area contributed by atoms with Crippen LogP contribution in [-0.4, -0.2) is 0 Å². The average Bonchev–Trinajstić information content (AvgIpc) is 2.35. The van der Waals surface area contributed by atoms with E-state index in [1.54, 1.807) is 0 Å². The second-order valence-electron chi connectivity index (χ2n) is 4.79. The molecule has 0 radical (unpaired) electrons. The first kappa shape index (κ1) is 13.3. The lowest BCUT2D eigenvalue weighted by Crippen LogP contribution is -2.03. The van der Waals surface area contributed by atoms with Crippen molar-refractivity contribution in [2.75, 3.05) is 0 Å². The van der Waals surface area contributed by atoms with Crippen LogP contribution in [0.5, 0.6) is 0 Å². The van der Waals surface area contributed by atoms with E-state index < -0.39 is 0 Å². The minimum Gasteiger partial charge on any atom is -0.0654 e. The highest BCUT2D eigenvalue weighted by Crippen LogP contribution is 2.18. The summed E-state index contributed by atoms with van der Waals surface area (Å²) in [5, 5.41) is 0. The van der Waals surface area contributed by atoms with Crippen molar-refractivity contribution in [1.29, 1.82) is 0 Å². The summed E-state index contributed by atoms with van der Waals surface area (Å²) in [5.74, 6) is 0.882. The number of hydrogen-bond donors (Lipinski definition) is 0. The van der Waals surface area contributed by atoms with Crippen molar-refractivity contribution in [3.63, 3.8) is 0 Å². The Balaban J connectivity index is 2.49. The lowest BCUT2D eigenvalue weighted by Gasteiger charge is -2.14. The predicted octanol–water partition coefficient (Wildman–Crippen LogP) is 5.01. The van der Waals surface area contributed by atoms with Gasteiger partial charge in [-0.15, -0.1) is 0 Å². The molecule has 0 saturated heterocycles. The van der Waals surface area contributed by atoms with Gasteiger partial charge in [-0.25, -0.2) is 0 Å². The number of rotatable bonds is 7. The Morgan fingerprint density at radius 2 is 1.56 bits per heavy atom. The van der Waals surface area contributed by atoms with E-state index in [-0.39, 0.29) is 0 Å². The molecular weight excluding hydrogens is 192 g/mol. The lowest BCUT2D eigenvalue weighted by atomic mass is 9.91. The van der Waals surface area contributed by atoms with Gasteiger partial charge in [0.2, 0.25) is 0 Å². The van der Waals surface area contributed by atoms with E-state index in [1.807, 2.05) is 0 Å². The first-order valence-corrected chi connectivity index (χ1v) is 6.87. The maximum atomic E-state index is 2.32. The first-order valence-electron chi connectivity index (χ1n) is 6.87. The summed E-state index contributed by atoms with van der Waals surface area (Å²) < 4.78 is 0. The normalized spacial score (nSPS) is 12.7. The molecule has 0 amide bonds. The van der Waals surface area contributed by atoms with Gasteiger partial charge in [-0.1, -0.05) is 70.7 Å².